The first-order chi connectivity index (χ1) is 7.82. The van der Waals surface area contributed by atoms with Crippen LogP contribution in [-0.4, -0.2) is 22.5 Å². The van der Waals surface area contributed by atoms with E-state index in [4.69, 9.17) is 10.2 Å². The predicted molar refractivity (Wildman–Crippen MR) is 63.1 cm³/mol. The van der Waals surface area contributed by atoms with Crippen molar-refractivity contribution in [3.63, 3.8) is 0 Å². The van der Waals surface area contributed by atoms with Crippen LogP contribution in [0, 0.1) is 0 Å². The zero-order chi connectivity index (χ0) is 13.4. The lowest BCUT2D eigenvalue weighted by Gasteiger charge is -2.13. The van der Waals surface area contributed by atoms with Gasteiger partial charge in [-0.15, -0.1) is 0 Å². The quantitative estimate of drug-likeness (QED) is 0.383. The Morgan fingerprint density at radius 2 is 1.71 bits per heavy atom. The van der Waals surface area contributed by atoms with Gasteiger partial charge in [0.1, 0.15) is 0 Å². The van der Waals surface area contributed by atoms with Crippen molar-refractivity contribution in [2.24, 2.45) is 0 Å². The highest BCUT2D eigenvalue weighted by Gasteiger charge is 2.04. The van der Waals surface area contributed by atoms with Crippen molar-refractivity contribution in [1.82, 2.24) is 0 Å². The van der Waals surface area contributed by atoms with Crippen molar-refractivity contribution in [2.45, 2.75) is 40.0 Å². The summed E-state index contributed by atoms with van der Waals surface area (Å²) in [6.45, 7) is 6.65. The molecule has 0 fully saturated rings. The highest BCUT2D eigenvalue weighted by atomic mass is 16.7. The normalized spacial score (nSPS) is 14.1. The number of ether oxygens (including phenoxy) is 1. The van der Waals surface area contributed by atoms with Crippen LogP contribution in [0.15, 0.2) is 22.8 Å². The molecule has 5 nitrogen and oxygen atoms in total. The fourth-order valence-corrected chi connectivity index (χ4v) is 1.38. The van der Waals surface area contributed by atoms with E-state index in [9.17, 15) is 9.59 Å². The Kier molecular flexibility index (Phi) is 6.70. The fourth-order valence-electron chi connectivity index (χ4n) is 1.38. The third-order valence-electron chi connectivity index (χ3n) is 2.40. The van der Waals surface area contributed by atoms with Crippen molar-refractivity contribution >= 4 is 12.3 Å². The van der Waals surface area contributed by atoms with E-state index in [0.29, 0.717) is 0 Å². The largest absolute Gasteiger partial charge is 0.516 e. The van der Waals surface area contributed by atoms with E-state index in [-0.39, 0.29) is 0 Å². The molecule has 1 aliphatic carbocycles. The van der Waals surface area contributed by atoms with Crippen molar-refractivity contribution in [3.8, 4) is 0 Å². The van der Waals surface area contributed by atoms with Crippen molar-refractivity contribution < 1.29 is 24.5 Å². The zero-order valence-electron chi connectivity index (χ0n) is 10.3. The molecule has 1 aliphatic rings. The van der Waals surface area contributed by atoms with Gasteiger partial charge < -0.3 is 14.9 Å². The first-order valence-electron chi connectivity index (χ1n) is 5.27. The molecule has 0 heterocycles. The summed E-state index contributed by atoms with van der Waals surface area (Å²) in [7, 11) is 0. The third kappa shape index (κ3) is 8.07. The standard InChI is InChI=1S/C10H16.C2H2O5/c1-8(2)10-6-4-9(3)5-7-10;3-1(4)7-2(5)6/h4H,5-7H2,1-3H3;(H,3,4)(H,5,6). The van der Waals surface area contributed by atoms with Gasteiger partial charge in [-0.25, -0.2) is 9.59 Å². The van der Waals surface area contributed by atoms with Crippen molar-refractivity contribution in [3.05, 3.63) is 22.8 Å². The Morgan fingerprint density at radius 1 is 1.18 bits per heavy atom. The maximum Gasteiger partial charge on any atom is 0.516 e. The number of allylic oxidation sites excluding steroid dienone is 4. The summed E-state index contributed by atoms with van der Waals surface area (Å²) in [5, 5.41) is 15.0. The summed E-state index contributed by atoms with van der Waals surface area (Å²) < 4.78 is 3.08. The SMILES string of the molecule is CC1=CCC(=C(C)C)CC1.O=C(O)OC(=O)O. The molecule has 0 atom stereocenters. The second-order valence-electron chi connectivity index (χ2n) is 3.99. The van der Waals surface area contributed by atoms with Crippen LogP contribution in [-0.2, 0) is 4.74 Å². The summed E-state index contributed by atoms with van der Waals surface area (Å²) in [5.41, 5.74) is 4.72. The Morgan fingerprint density at radius 3 is 1.94 bits per heavy atom. The van der Waals surface area contributed by atoms with Crippen molar-refractivity contribution in [1.29, 1.82) is 0 Å². The molecule has 1 rings (SSSR count). The van der Waals surface area contributed by atoms with Gasteiger partial charge >= 0.3 is 12.3 Å². The lowest BCUT2D eigenvalue weighted by atomic mass is 9.93. The molecule has 0 spiro atoms. The summed E-state index contributed by atoms with van der Waals surface area (Å²) in [5.74, 6) is 0. The summed E-state index contributed by atoms with van der Waals surface area (Å²) >= 11 is 0. The first-order valence-corrected chi connectivity index (χ1v) is 5.27. The van der Waals surface area contributed by atoms with E-state index in [1.54, 1.807) is 11.1 Å². The maximum atomic E-state index is 9.21. The van der Waals surface area contributed by atoms with E-state index in [1.165, 1.54) is 24.8 Å². The molecule has 0 amide bonds. The lowest BCUT2D eigenvalue weighted by Crippen LogP contribution is -2.05. The van der Waals surface area contributed by atoms with Crippen LogP contribution in [0.5, 0.6) is 0 Å². The molecule has 17 heavy (non-hydrogen) atoms. The molecule has 0 aromatic rings. The highest BCUT2D eigenvalue weighted by molar-refractivity contribution is 5.74. The molecule has 0 radical (unpaired) electrons. The molecule has 0 aliphatic heterocycles. The van der Waals surface area contributed by atoms with E-state index < -0.39 is 12.3 Å². The number of hydrogen-bond donors (Lipinski definition) is 2. The van der Waals surface area contributed by atoms with Gasteiger partial charge in [0.2, 0.25) is 0 Å². The molecule has 96 valence electrons. The van der Waals surface area contributed by atoms with Crippen LogP contribution in [0.25, 0.3) is 0 Å². The third-order valence-corrected chi connectivity index (χ3v) is 2.40. The van der Waals surface area contributed by atoms with Gasteiger partial charge in [-0.3, -0.25) is 0 Å². The number of carbonyl (C=O) groups is 2. The molecular formula is C12H18O5. The second-order valence-corrected chi connectivity index (χ2v) is 3.99. The fraction of sp³-hybridized carbons (Fsp3) is 0.500. The number of hydrogen-bond acceptors (Lipinski definition) is 3. The van der Waals surface area contributed by atoms with E-state index in [0.717, 1.165) is 0 Å². The van der Waals surface area contributed by atoms with Crippen LogP contribution >= 0.6 is 0 Å². The molecule has 0 bridgehead atoms. The summed E-state index contributed by atoms with van der Waals surface area (Å²) in [6.07, 6.45) is 2.51. The number of carboxylic acid groups (broad SMARTS) is 2. The monoisotopic (exact) mass is 242 g/mol. The molecule has 0 saturated carbocycles. The van der Waals surface area contributed by atoms with Gasteiger partial charge in [-0.05, 0) is 40.0 Å². The average Bonchev–Trinajstić information content (AvgIpc) is 2.16. The Balaban J connectivity index is 0.000000325. The second kappa shape index (κ2) is 7.49. The van der Waals surface area contributed by atoms with Crippen molar-refractivity contribution in [2.75, 3.05) is 0 Å². The van der Waals surface area contributed by atoms with Crippen LogP contribution in [0.3, 0.4) is 0 Å². The number of rotatable bonds is 0. The van der Waals surface area contributed by atoms with Gasteiger partial charge in [0.25, 0.3) is 0 Å². The molecular weight excluding hydrogens is 224 g/mol. The summed E-state index contributed by atoms with van der Waals surface area (Å²) in [6, 6.07) is 0. The van der Waals surface area contributed by atoms with Crippen LogP contribution < -0.4 is 0 Å². The van der Waals surface area contributed by atoms with Crippen LogP contribution in [0.1, 0.15) is 40.0 Å². The molecule has 0 saturated heterocycles. The van der Waals surface area contributed by atoms with Gasteiger partial charge in [-0.2, -0.15) is 0 Å². The van der Waals surface area contributed by atoms with Gasteiger partial charge in [-0.1, -0.05) is 22.8 Å². The smallest absolute Gasteiger partial charge is 0.449 e. The summed E-state index contributed by atoms with van der Waals surface area (Å²) in [4.78, 5) is 18.4. The minimum absolute atomic E-state index is 1.20. The van der Waals surface area contributed by atoms with Gasteiger partial charge in [0, 0.05) is 0 Å². The van der Waals surface area contributed by atoms with Gasteiger partial charge in [0.15, 0.2) is 0 Å². The topological polar surface area (TPSA) is 83.8 Å². The van der Waals surface area contributed by atoms with E-state index >= 15 is 0 Å². The molecule has 5 heteroatoms. The lowest BCUT2D eigenvalue weighted by molar-refractivity contribution is 0.0802. The van der Waals surface area contributed by atoms with E-state index in [1.807, 2.05) is 0 Å². The van der Waals surface area contributed by atoms with E-state index in [2.05, 4.69) is 31.6 Å². The van der Waals surface area contributed by atoms with Crippen LogP contribution in [0.2, 0.25) is 0 Å². The minimum Gasteiger partial charge on any atom is -0.449 e. The predicted octanol–water partition coefficient (Wildman–Crippen LogP) is 3.81. The molecule has 2 N–H and O–H groups in total. The van der Waals surface area contributed by atoms with Gasteiger partial charge in [0.05, 0.1) is 0 Å². The minimum atomic E-state index is -1.81. The first kappa shape index (κ1) is 15.2. The van der Waals surface area contributed by atoms with Crippen LogP contribution in [0.4, 0.5) is 9.59 Å². The Bertz CT molecular complexity index is 336. The molecule has 0 aromatic carbocycles. The average molecular weight is 242 g/mol. The molecule has 0 aromatic heterocycles. The molecule has 0 unspecified atom stereocenters. The zero-order valence-corrected chi connectivity index (χ0v) is 10.3. The Hall–Kier alpha value is -1.78. The highest BCUT2D eigenvalue weighted by Crippen LogP contribution is 2.24. The Labute approximate surface area is 100 Å². The maximum absolute atomic E-state index is 9.21.